The largest absolute Gasteiger partial charge is 0.478 e. The number of carbonyl (C=O) groups excluding carboxylic acids is 1. The normalized spacial score (nSPS) is 13.3. The first-order valence-electron chi connectivity index (χ1n) is 10.4. The molecule has 0 aromatic heterocycles. The highest BCUT2D eigenvalue weighted by Crippen LogP contribution is 2.28. The summed E-state index contributed by atoms with van der Waals surface area (Å²) >= 11 is 18.2. The zero-order valence-electron chi connectivity index (χ0n) is 18.2. The maximum Gasteiger partial charge on any atom is 0.263 e. The molecule has 3 rings (SSSR count). The number of nitrogens with one attached hydrogen (secondary N) is 1. The minimum absolute atomic E-state index is 0.0272. The molecule has 1 N–H and O–H groups in total. The fourth-order valence-electron chi connectivity index (χ4n) is 3.52. The molecule has 3 aromatic carbocycles. The van der Waals surface area contributed by atoms with Crippen molar-refractivity contribution in [2.24, 2.45) is 0 Å². The summed E-state index contributed by atoms with van der Waals surface area (Å²) in [4.78, 5) is 13.1. The molecule has 2 atom stereocenters. The van der Waals surface area contributed by atoms with Gasteiger partial charge in [0.15, 0.2) is 5.60 Å². The van der Waals surface area contributed by atoms with E-state index in [1.807, 2.05) is 55.5 Å². The lowest BCUT2D eigenvalue weighted by molar-refractivity contribution is -0.135. The third-order valence-corrected chi connectivity index (χ3v) is 6.08. The Morgan fingerprint density at radius 1 is 0.906 bits per heavy atom. The lowest BCUT2D eigenvalue weighted by Gasteiger charge is -2.31. The summed E-state index contributed by atoms with van der Waals surface area (Å²) in [5.74, 6) is 0.361. The van der Waals surface area contributed by atoms with Crippen LogP contribution in [0.3, 0.4) is 0 Å². The highest BCUT2D eigenvalue weighted by atomic mass is 35.5. The molecule has 168 valence electrons. The van der Waals surface area contributed by atoms with Crippen molar-refractivity contribution >= 4 is 40.7 Å². The summed E-state index contributed by atoms with van der Waals surface area (Å²) in [6.07, 6.45) is 0.732. The van der Waals surface area contributed by atoms with Crippen LogP contribution in [0.5, 0.6) is 5.75 Å². The van der Waals surface area contributed by atoms with Crippen LogP contribution in [0.2, 0.25) is 15.1 Å². The fourth-order valence-corrected chi connectivity index (χ4v) is 3.95. The molecule has 0 aliphatic heterocycles. The Hall–Kier alpha value is -2.20. The Balaban J connectivity index is 1.78. The number of hydrogen-bond acceptors (Lipinski definition) is 2. The highest BCUT2D eigenvalue weighted by Gasteiger charge is 2.33. The van der Waals surface area contributed by atoms with E-state index in [0.29, 0.717) is 20.8 Å². The molecule has 3 nitrogen and oxygen atoms in total. The molecule has 6 heteroatoms. The van der Waals surface area contributed by atoms with E-state index in [1.54, 1.807) is 38.1 Å². The number of amides is 1. The second kappa shape index (κ2) is 10.6. The molecule has 0 fully saturated rings. The lowest BCUT2D eigenvalue weighted by Crippen LogP contribution is -2.51. The first kappa shape index (κ1) is 24.4. The van der Waals surface area contributed by atoms with Gasteiger partial charge in [-0.05, 0) is 80.8 Å². The van der Waals surface area contributed by atoms with Gasteiger partial charge in [0, 0.05) is 27.0 Å². The van der Waals surface area contributed by atoms with Crippen LogP contribution in [0.4, 0.5) is 0 Å². The second-order valence-electron chi connectivity index (χ2n) is 8.32. The number of rotatable bonds is 8. The topological polar surface area (TPSA) is 38.3 Å². The number of hydrogen-bond donors (Lipinski definition) is 1. The van der Waals surface area contributed by atoms with Crippen LogP contribution in [0.1, 0.15) is 37.8 Å². The number of ether oxygens (including phenoxy) is 1. The molecule has 0 aliphatic carbocycles. The van der Waals surface area contributed by atoms with Crippen LogP contribution in [0.25, 0.3) is 0 Å². The Morgan fingerprint density at radius 3 is 2.09 bits per heavy atom. The van der Waals surface area contributed by atoms with Crippen molar-refractivity contribution < 1.29 is 9.53 Å². The molecule has 1 amide bonds. The van der Waals surface area contributed by atoms with Gasteiger partial charge >= 0.3 is 0 Å². The van der Waals surface area contributed by atoms with Gasteiger partial charge < -0.3 is 10.1 Å². The number of halogens is 3. The van der Waals surface area contributed by atoms with Gasteiger partial charge in [0.05, 0.1) is 0 Å². The van der Waals surface area contributed by atoms with Gasteiger partial charge in [0.25, 0.3) is 5.91 Å². The second-order valence-corrected chi connectivity index (χ2v) is 9.63. The van der Waals surface area contributed by atoms with E-state index in [1.165, 1.54) is 0 Å². The van der Waals surface area contributed by atoms with Gasteiger partial charge in [0.2, 0.25) is 0 Å². The van der Waals surface area contributed by atoms with Crippen LogP contribution >= 0.6 is 34.8 Å². The third kappa shape index (κ3) is 6.65. The van der Waals surface area contributed by atoms with Crippen molar-refractivity contribution in [1.82, 2.24) is 5.32 Å². The van der Waals surface area contributed by atoms with Gasteiger partial charge in [-0.3, -0.25) is 4.79 Å². The third-order valence-electron chi connectivity index (χ3n) is 5.35. The molecule has 0 saturated carbocycles. The van der Waals surface area contributed by atoms with E-state index in [2.05, 4.69) is 5.32 Å². The van der Waals surface area contributed by atoms with Crippen LogP contribution in [0.15, 0.2) is 72.8 Å². The number of benzene rings is 3. The minimum atomic E-state index is -1.08. The van der Waals surface area contributed by atoms with Crippen molar-refractivity contribution in [3.8, 4) is 5.75 Å². The van der Waals surface area contributed by atoms with Gasteiger partial charge in [-0.25, -0.2) is 0 Å². The van der Waals surface area contributed by atoms with Crippen molar-refractivity contribution in [3.05, 3.63) is 99.0 Å². The standard InChI is InChI=1S/C26H26Cl3NO2/c1-17(30-25(31)26(2,3)32-23-6-4-5-22(29)16-23)24(19-9-13-21(28)14-10-19)15-18-7-11-20(27)12-8-18/h4-14,16-17,24H,15H2,1-3H3,(H,30,31). The average Bonchev–Trinajstić information content (AvgIpc) is 2.73. The molecule has 0 heterocycles. The van der Waals surface area contributed by atoms with Gasteiger partial charge in [-0.1, -0.05) is 65.1 Å². The van der Waals surface area contributed by atoms with Gasteiger partial charge in [-0.2, -0.15) is 0 Å². The quantitative estimate of drug-likeness (QED) is 0.359. The van der Waals surface area contributed by atoms with Crippen molar-refractivity contribution in [1.29, 1.82) is 0 Å². The van der Waals surface area contributed by atoms with E-state index < -0.39 is 5.60 Å². The first-order valence-corrected chi connectivity index (χ1v) is 11.5. The fraction of sp³-hybridized carbons (Fsp3) is 0.269. The number of carbonyl (C=O) groups is 1. The van der Waals surface area contributed by atoms with Crippen molar-refractivity contribution in [2.45, 2.75) is 44.8 Å². The molecule has 0 saturated heterocycles. The van der Waals surface area contributed by atoms with Crippen LogP contribution < -0.4 is 10.1 Å². The van der Waals surface area contributed by atoms with E-state index in [0.717, 1.165) is 17.5 Å². The summed E-state index contributed by atoms with van der Waals surface area (Å²) in [7, 11) is 0. The van der Waals surface area contributed by atoms with Crippen LogP contribution in [-0.2, 0) is 11.2 Å². The lowest BCUT2D eigenvalue weighted by atomic mass is 9.86. The average molecular weight is 491 g/mol. The molecule has 0 bridgehead atoms. The molecule has 0 aliphatic rings. The summed E-state index contributed by atoms with van der Waals surface area (Å²) in [5, 5.41) is 5.06. The molecular weight excluding hydrogens is 465 g/mol. The molecular formula is C26H26Cl3NO2. The molecule has 0 radical (unpaired) electrons. The Kier molecular flexibility index (Phi) is 8.10. The van der Waals surface area contributed by atoms with Gasteiger partial charge in [-0.15, -0.1) is 0 Å². The predicted octanol–water partition coefficient (Wildman–Crippen LogP) is 7.34. The summed E-state index contributed by atoms with van der Waals surface area (Å²) in [5.41, 5.74) is 1.14. The predicted molar refractivity (Wildman–Crippen MR) is 133 cm³/mol. The molecule has 3 aromatic rings. The maximum absolute atomic E-state index is 13.1. The Morgan fingerprint density at radius 2 is 1.50 bits per heavy atom. The van der Waals surface area contributed by atoms with Crippen LogP contribution in [-0.4, -0.2) is 17.6 Å². The van der Waals surface area contributed by atoms with Crippen molar-refractivity contribution in [2.75, 3.05) is 0 Å². The van der Waals surface area contributed by atoms with Crippen molar-refractivity contribution in [3.63, 3.8) is 0 Å². The summed E-state index contributed by atoms with van der Waals surface area (Å²) in [6.45, 7) is 5.49. The summed E-state index contributed by atoms with van der Waals surface area (Å²) < 4.78 is 5.95. The van der Waals surface area contributed by atoms with E-state index in [9.17, 15) is 4.79 Å². The van der Waals surface area contributed by atoms with E-state index in [4.69, 9.17) is 39.5 Å². The smallest absolute Gasteiger partial charge is 0.263 e. The zero-order valence-corrected chi connectivity index (χ0v) is 20.5. The first-order chi connectivity index (χ1) is 15.1. The molecule has 0 spiro atoms. The highest BCUT2D eigenvalue weighted by molar-refractivity contribution is 6.31. The zero-order chi connectivity index (χ0) is 23.3. The van der Waals surface area contributed by atoms with E-state index >= 15 is 0 Å². The van der Waals surface area contributed by atoms with Gasteiger partial charge in [0.1, 0.15) is 5.75 Å². The molecule has 32 heavy (non-hydrogen) atoms. The Bertz CT molecular complexity index is 1050. The minimum Gasteiger partial charge on any atom is -0.478 e. The SMILES string of the molecule is CC(NC(=O)C(C)(C)Oc1cccc(Cl)c1)C(Cc1ccc(Cl)cc1)c1ccc(Cl)cc1. The molecule has 2 unspecified atom stereocenters. The monoisotopic (exact) mass is 489 g/mol. The van der Waals surface area contributed by atoms with E-state index in [-0.39, 0.29) is 17.9 Å². The summed E-state index contributed by atoms with van der Waals surface area (Å²) in [6, 6.07) is 22.4. The Labute approximate surface area is 204 Å². The maximum atomic E-state index is 13.1. The van der Waals surface area contributed by atoms with Crippen LogP contribution in [0, 0.1) is 0 Å².